The van der Waals surface area contributed by atoms with E-state index in [1.165, 1.54) is 44.1 Å². The fourth-order valence-electron chi connectivity index (χ4n) is 7.59. The lowest BCUT2D eigenvalue weighted by molar-refractivity contribution is -0.124. The first-order valence-electron chi connectivity index (χ1n) is 14.4. The maximum Gasteiger partial charge on any atom is 0.408 e. The first kappa shape index (κ1) is 27.4. The van der Waals surface area contributed by atoms with Gasteiger partial charge in [-0.05, 0) is 112 Å². The number of ether oxygens (including phenoxy) is 1. The Kier molecular flexibility index (Phi) is 7.33. The lowest BCUT2D eigenvalue weighted by Gasteiger charge is -2.57. The SMILES string of the molecule is CC(C)C[C@H](NC(=O)OC(C)(C)C)C(=O)NNC(=O)c1cc(C23CC4CC(CC(C4)C2)C3)c2ccccc2n1. The number of hydrazine groups is 1. The molecule has 0 saturated heterocycles. The van der Waals surface area contributed by atoms with E-state index >= 15 is 0 Å². The van der Waals surface area contributed by atoms with E-state index in [9.17, 15) is 14.4 Å². The minimum atomic E-state index is -0.854. The summed E-state index contributed by atoms with van der Waals surface area (Å²) >= 11 is 0. The molecule has 1 atom stereocenters. The number of alkyl carbamates (subject to hydrolysis) is 1. The summed E-state index contributed by atoms with van der Waals surface area (Å²) in [5, 5.41) is 3.76. The van der Waals surface area contributed by atoms with Crippen molar-refractivity contribution in [1.29, 1.82) is 0 Å². The molecule has 3 amide bonds. The van der Waals surface area contributed by atoms with Crippen molar-refractivity contribution in [1.82, 2.24) is 21.2 Å². The van der Waals surface area contributed by atoms with Crippen LogP contribution in [0.5, 0.6) is 0 Å². The summed E-state index contributed by atoms with van der Waals surface area (Å²) in [6, 6.07) is 9.17. The van der Waals surface area contributed by atoms with Gasteiger partial charge in [0.25, 0.3) is 11.8 Å². The van der Waals surface area contributed by atoms with Gasteiger partial charge in [-0.3, -0.25) is 20.4 Å². The first-order chi connectivity index (χ1) is 18.4. The van der Waals surface area contributed by atoms with Crippen molar-refractivity contribution in [2.45, 2.75) is 96.6 Å². The van der Waals surface area contributed by atoms with Gasteiger partial charge in [0.1, 0.15) is 17.3 Å². The second kappa shape index (κ2) is 10.4. The molecule has 0 aliphatic heterocycles. The lowest BCUT2D eigenvalue weighted by Crippen LogP contribution is -2.53. The van der Waals surface area contributed by atoms with Crippen LogP contribution in [0.3, 0.4) is 0 Å². The van der Waals surface area contributed by atoms with Crippen molar-refractivity contribution in [2.75, 3.05) is 0 Å². The number of carbonyl (C=O) groups excluding carboxylic acids is 3. The average Bonchev–Trinajstić information content (AvgIpc) is 2.83. The number of fused-ring (bicyclic) bond motifs is 1. The molecule has 4 fully saturated rings. The third-order valence-electron chi connectivity index (χ3n) is 8.57. The fraction of sp³-hybridized carbons (Fsp3) is 0.613. The largest absolute Gasteiger partial charge is 0.444 e. The van der Waals surface area contributed by atoms with E-state index in [0.717, 1.165) is 28.7 Å². The maximum absolute atomic E-state index is 13.3. The van der Waals surface area contributed by atoms with E-state index in [1.807, 2.05) is 38.1 Å². The van der Waals surface area contributed by atoms with Crippen LogP contribution in [0, 0.1) is 23.7 Å². The number of nitrogens with zero attached hydrogens (tertiary/aromatic N) is 1. The van der Waals surface area contributed by atoms with Crippen LogP contribution in [0.15, 0.2) is 30.3 Å². The molecule has 0 spiro atoms. The molecule has 39 heavy (non-hydrogen) atoms. The highest BCUT2D eigenvalue weighted by Gasteiger charge is 2.52. The van der Waals surface area contributed by atoms with E-state index in [0.29, 0.717) is 12.1 Å². The molecular formula is C31H42N4O4. The Balaban J connectivity index is 1.34. The minimum Gasteiger partial charge on any atom is -0.444 e. The third-order valence-corrected chi connectivity index (χ3v) is 8.57. The molecule has 4 bridgehead atoms. The zero-order valence-electron chi connectivity index (χ0n) is 23.8. The number of hydrogen-bond donors (Lipinski definition) is 3. The second-order valence-corrected chi connectivity index (χ2v) is 13.5. The van der Waals surface area contributed by atoms with Crippen LogP contribution in [-0.4, -0.2) is 34.5 Å². The zero-order chi connectivity index (χ0) is 27.9. The number of para-hydroxylation sites is 1. The zero-order valence-corrected chi connectivity index (χ0v) is 23.8. The Labute approximate surface area is 231 Å². The Hall–Kier alpha value is -3.16. The van der Waals surface area contributed by atoms with Crippen molar-refractivity contribution < 1.29 is 19.1 Å². The monoisotopic (exact) mass is 534 g/mol. The number of hydrogen-bond acceptors (Lipinski definition) is 5. The van der Waals surface area contributed by atoms with Crippen LogP contribution in [0.1, 0.15) is 95.6 Å². The predicted molar refractivity (Wildman–Crippen MR) is 150 cm³/mol. The van der Waals surface area contributed by atoms with Gasteiger partial charge >= 0.3 is 6.09 Å². The van der Waals surface area contributed by atoms with Crippen LogP contribution >= 0.6 is 0 Å². The van der Waals surface area contributed by atoms with Gasteiger partial charge in [-0.25, -0.2) is 9.78 Å². The Bertz CT molecular complexity index is 1230. The highest BCUT2D eigenvalue weighted by Crippen LogP contribution is 2.61. The first-order valence-corrected chi connectivity index (χ1v) is 14.4. The molecule has 4 aliphatic rings. The van der Waals surface area contributed by atoms with E-state index in [4.69, 9.17) is 4.74 Å². The van der Waals surface area contributed by atoms with E-state index in [2.05, 4.69) is 27.2 Å². The average molecular weight is 535 g/mol. The molecular weight excluding hydrogens is 492 g/mol. The van der Waals surface area contributed by atoms with Gasteiger partial charge in [-0.1, -0.05) is 32.0 Å². The Morgan fingerprint density at radius 1 is 1.00 bits per heavy atom. The number of rotatable bonds is 6. The number of pyridine rings is 1. The van der Waals surface area contributed by atoms with Crippen LogP contribution in [0.2, 0.25) is 0 Å². The van der Waals surface area contributed by atoms with Gasteiger partial charge in [-0.2, -0.15) is 0 Å². The summed E-state index contributed by atoms with van der Waals surface area (Å²) in [5.41, 5.74) is 6.78. The van der Waals surface area contributed by atoms with Crippen LogP contribution < -0.4 is 16.2 Å². The molecule has 8 heteroatoms. The normalized spacial score (nSPS) is 26.4. The summed E-state index contributed by atoms with van der Waals surface area (Å²) in [6.45, 7) is 9.21. The van der Waals surface area contributed by atoms with Crippen LogP contribution in [0.4, 0.5) is 4.79 Å². The van der Waals surface area contributed by atoms with Crippen LogP contribution in [-0.2, 0) is 14.9 Å². The van der Waals surface area contributed by atoms with Gasteiger partial charge in [0.05, 0.1) is 5.52 Å². The fourth-order valence-corrected chi connectivity index (χ4v) is 7.59. The molecule has 0 unspecified atom stereocenters. The topological polar surface area (TPSA) is 109 Å². The summed E-state index contributed by atoms with van der Waals surface area (Å²) in [4.78, 5) is 43.3. The van der Waals surface area contributed by atoms with Gasteiger partial charge in [0, 0.05) is 5.39 Å². The molecule has 6 rings (SSSR count). The Morgan fingerprint density at radius 2 is 1.62 bits per heavy atom. The number of aromatic nitrogens is 1. The van der Waals surface area contributed by atoms with Crippen molar-refractivity contribution in [3.63, 3.8) is 0 Å². The molecule has 0 radical (unpaired) electrons. The van der Waals surface area contributed by atoms with E-state index < -0.39 is 29.6 Å². The minimum absolute atomic E-state index is 0.0925. The predicted octanol–water partition coefficient (Wildman–Crippen LogP) is 5.40. The quantitative estimate of drug-likeness (QED) is 0.430. The van der Waals surface area contributed by atoms with Crippen molar-refractivity contribution in [3.05, 3.63) is 41.6 Å². The van der Waals surface area contributed by atoms with Crippen LogP contribution in [0.25, 0.3) is 10.9 Å². The van der Waals surface area contributed by atoms with E-state index in [1.54, 1.807) is 20.8 Å². The molecule has 3 N–H and O–H groups in total. The summed E-state index contributed by atoms with van der Waals surface area (Å²) in [5.74, 6) is 1.47. The Morgan fingerprint density at radius 3 is 2.21 bits per heavy atom. The second-order valence-electron chi connectivity index (χ2n) is 13.5. The summed E-state index contributed by atoms with van der Waals surface area (Å²) in [7, 11) is 0. The molecule has 8 nitrogen and oxygen atoms in total. The highest BCUT2D eigenvalue weighted by molar-refractivity contribution is 5.97. The summed E-state index contributed by atoms with van der Waals surface area (Å²) < 4.78 is 5.32. The van der Waals surface area contributed by atoms with Crippen molar-refractivity contribution in [2.24, 2.45) is 23.7 Å². The van der Waals surface area contributed by atoms with Gasteiger partial charge in [0.15, 0.2) is 0 Å². The highest BCUT2D eigenvalue weighted by atomic mass is 16.6. The van der Waals surface area contributed by atoms with E-state index in [-0.39, 0.29) is 11.3 Å². The molecule has 210 valence electrons. The molecule has 4 saturated carbocycles. The maximum atomic E-state index is 13.3. The number of nitrogens with one attached hydrogen (secondary N) is 3. The standard InChI is InChI=1S/C31H42N4O4/c1-18(2)10-25(33-29(38)39-30(3,4)5)27(36)34-35-28(37)26-14-23(22-8-6-7-9-24(22)32-26)31-15-19-11-20(16-31)13-21(12-19)17-31/h6-9,14,18-21,25H,10-13,15-17H2,1-5H3,(H,33,38)(H,34,36)(H,35,37)/t19?,20?,21?,25-,31?/m0/s1. The smallest absolute Gasteiger partial charge is 0.408 e. The van der Waals surface area contributed by atoms with Crippen molar-refractivity contribution >= 4 is 28.8 Å². The summed E-state index contributed by atoms with van der Waals surface area (Å²) in [6.07, 6.45) is 7.29. The van der Waals surface area contributed by atoms with Gasteiger partial charge in [0.2, 0.25) is 0 Å². The van der Waals surface area contributed by atoms with Crippen molar-refractivity contribution in [3.8, 4) is 0 Å². The molecule has 1 heterocycles. The number of benzene rings is 1. The van der Waals surface area contributed by atoms with Gasteiger partial charge < -0.3 is 10.1 Å². The van der Waals surface area contributed by atoms with Gasteiger partial charge in [-0.15, -0.1) is 0 Å². The number of carbonyl (C=O) groups is 3. The molecule has 4 aliphatic carbocycles. The molecule has 1 aromatic carbocycles. The third kappa shape index (κ3) is 6.04. The molecule has 2 aromatic rings. The lowest BCUT2D eigenvalue weighted by atomic mass is 9.48. The molecule has 1 aromatic heterocycles. The number of amides is 3.